The van der Waals surface area contributed by atoms with Gasteiger partial charge in [0.1, 0.15) is 0 Å². The van der Waals surface area contributed by atoms with Gasteiger partial charge < -0.3 is 20.5 Å². The van der Waals surface area contributed by atoms with Crippen LogP contribution in [0, 0.1) is 5.41 Å². The van der Waals surface area contributed by atoms with Crippen LogP contribution in [-0.4, -0.2) is 50.5 Å². The highest BCUT2D eigenvalue weighted by molar-refractivity contribution is 14.0. The number of ether oxygens (including phenoxy) is 1. The topological polar surface area (TPSA) is 65.9 Å². The highest BCUT2D eigenvalue weighted by Crippen LogP contribution is 2.47. The fraction of sp³-hybridized carbons (Fsp3) is 0.650. The van der Waals surface area contributed by atoms with E-state index in [9.17, 15) is 5.11 Å². The molecular weight excluding hydrogens is 477 g/mol. The highest BCUT2D eigenvalue weighted by Gasteiger charge is 2.44. The molecule has 3 rings (SSSR count). The number of nitrogens with zero attached hydrogens (tertiary/aromatic N) is 1. The Morgan fingerprint density at radius 2 is 1.96 bits per heavy atom. The minimum atomic E-state index is -0.0233. The number of hydrogen-bond donors (Lipinski definition) is 3. The van der Waals surface area contributed by atoms with E-state index in [1.54, 1.807) is 0 Å². The Bertz CT molecular complexity index is 614. The first-order chi connectivity index (χ1) is 12.6. The molecule has 1 aromatic rings. The van der Waals surface area contributed by atoms with E-state index in [0.29, 0.717) is 13.2 Å². The van der Waals surface area contributed by atoms with Crippen molar-refractivity contribution in [1.82, 2.24) is 10.6 Å². The third-order valence-corrected chi connectivity index (χ3v) is 5.90. The quantitative estimate of drug-likeness (QED) is 0.287. The van der Waals surface area contributed by atoms with E-state index in [-0.39, 0.29) is 41.4 Å². The van der Waals surface area contributed by atoms with Gasteiger partial charge in [0, 0.05) is 42.2 Å². The van der Waals surface area contributed by atoms with Gasteiger partial charge in [-0.2, -0.15) is 0 Å². The predicted molar refractivity (Wildman–Crippen MR) is 121 cm³/mol. The zero-order valence-corrected chi connectivity index (χ0v) is 19.1. The maximum atomic E-state index is 9.38. The number of hydrogen-bond acceptors (Lipinski definition) is 3. The van der Waals surface area contributed by atoms with E-state index < -0.39 is 0 Å². The molecule has 0 amide bonds. The van der Waals surface area contributed by atoms with Crippen molar-refractivity contribution in [3.63, 3.8) is 0 Å². The van der Waals surface area contributed by atoms with Crippen molar-refractivity contribution in [2.24, 2.45) is 10.4 Å². The molecule has 0 radical (unpaired) electrons. The van der Waals surface area contributed by atoms with Crippen molar-refractivity contribution in [3.8, 4) is 0 Å². The van der Waals surface area contributed by atoms with Crippen molar-refractivity contribution >= 4 is 41.5 Å². The predicted octanol–water partition coefficient (Wildman–Crippen LogP) is 3.33. The average molecular weight is 508 g/mol. The Kier molecular flexibility index (Phi) is 8.65. The van der Waals surface area contributed by atoms with Crippen LogP contribution in [0.1, 0.15) is 38.2 Å². The van der Waals surface area contributed by atoms with Crippen LogP contribution in [-0.2, 0) is 10.2 Å². The van der Waals surface area contributed by atoms with Gasteiger partial charge in [0.15, 0.2) is 5.96 Å². The lowest BCUT2D eigenvalue weighted by molar-refractivity contribution is 0.131. The van der Waals surface area contributed by atoms with Crippen LogP contribution in [0.3, 0.4) is 0 Å². The van der Waals surface area contributed by atoms with E-state index in [1.165, 1.54) is 18.4 Å². The van der Waals surface area contributed by atoms with Gasteiger partial charge in [-0.3, -0.25) is 4.99 Å². The molecule has 1 aromatic carbocycles. The maximum Gasteiger partial charge on any atom is 0.191 e. The summed E-state index contributed by atoms with van der Waals surface area (Å²) in [5, 5.41) is 17.0. The van der Waals surface area contributed by atoms with E-state index in [2.05, 4.69) is 29.7 Å². The Balaban J connectivity index is 0.00000261. The first-order valence-corrected chi connectivity index (χ1v) is 9.96. The molecule has 1 saturated heterocycles. The third-order valence-electron chi connectivity index (χ3n) is 5.65. The summed E-state index contributed by atoms with van der Waals surface area (Å²) >= 11 is 6.02. The summed E-state index contributed by atoms with van der Waals surface area (Å²) in [4.78, 5) is 4.81. The second-order valence-corrected chi connectivity index (χ2v) is 8.05. The zero-order valence-electron chi connectivity index (χ0n) is 16.0. The van der Waals surface area contributed by atoms with E-state index in [0.717, 1.165) is 43.5 Å². The smallest absolute Gasteiger partial charge is 0.191 e. The summed E-state index contributed by atoms with van der Waals surface area (Å²) in [5.41, 5.74) is 1.51. The van der Waals surface area contributed by atoms with Gasteiger partial charge in [-0.15, -0.1) is 24.0 Å². The first kappa shape index (κ1) is 22.7. The lowest BCUT2D eigenvalue weighted by atomic mass is 9.84. The lowest BCUT2D eigenvalue weighted by Crippen LogP contribution is -2.42. The Morgan fingerprint density at radius 3 is 2.52 bits per heavy atom. The monoisotopic (exact) mass is 507 g/mol. The van der Waals surface area contributed by atoms with E-state index in [4.69, 9.17) is 21.3 Å². The summed E-state index contributed by atoms with van der Waals surface area (Å²) in [6.45, 7) is 6.07. The minimum Gasteiger partial charge on any atom is -0.396 e. The second kappa shape index (κ2) is 10.3. The SMILES string of the molecule is CCNC(=NCC1(CCO)CCOC1)NCC1(c2ccc(Cl)cc2)CC1.I. The van der Waals surface area contributed by atoms with Gasteiger partial charge in [-0.05, 0) is 50.3 Å². The number of halogens is 2. The first-order valence-electron chi connectivity index (χ1n) is 9.58. The van der Waals surface area contributed by atoms with Crippen molar-refractivity contribution in [2.45, 2.75) is 38.0 Å². The molecule has 5 nitrogen and oxygen atoms in total. The Morgan fingerprint density at radius 1 is 1.22 bits per heavy atom. The summed E-state index contributed by atoms with van der Waals surface area (Å²) in [6, 6.07) is 8.20. The molecule has 7 heteroatoms. The second-order valence-electron chi connectivity index (χ2n) is 7.61. The van der Waals surface area contributed by atoms with Gasteiger partial charge in [0.05, 0.1) is 13.2 Å². The van der Waals surface area contributed by atoms with Crippen LogP contribution in [0.25, 0.3) is 0 Å². The van der Waals surface area contributed by atoms with Gasteiger partial charge in [0.25, 0.3) is 0 Å². The summed E-state index contributed by atoms with van der Waals surface area (Å²) in [5.74, 6) is 0.844. The number of aliphatic hydroxyl groups excluding tert-OH is 1. The molecule has 1 saturated carbocycles. The zero-order chi connectivity index (χ0) is 18.5. The Labute approximate surface area is 184 Å². The fourth-order valence-electron chi connectivity index (χ4n) is 3.65. The molecular formula is C20H31ClIN3O2. The molecule has 152 valence electrons. The average Bonchev–Trinajstić information content (AvgIpc) is 3.30. The van der Waals surface area contributed by atoms with Crippen LogP contribution in [0.5, 0.6) is 0 Å². The Hall–Kier alpha value is -0.570. The van der Waals surface area contributed by atoms with Crippen LogP contribution in [0.15, 0.2) is 29.3 Å². The van der Waals surface area contributed by atoms with Crippen molar-refractivity contribution in [3.05, 3.63) is 34.9 Å². The fourth-order valence-corrected chi connectivity index (χ4v) is 3.78. The number of aliphatic imine (C=N–C) groups is 1. The molecule has 2 fully saturated rings. The standard InChI is InChI=1S/C20H30ClN3O2.HI/c1-2-22-18(23-13-19(9-11-25)10-12-26-15-19)24-14-20(7-8-20)16-3-5-17(21)6-4-16;/h3-6,25H,2,7-15H2,1H3,(H2,22,23,24);1H. The van der Waals surface area contributed by atoms with Crippen molar-refractivity contribution in [1.29, 1.82) is 0 Å². The molecule has 2 aliphatic rings. The number of nitrogens with one attached hydrogen (secondary N) is 2. The number of rotatable bonds is 8. The highest BCUT2D eigenvalue weighted by atomic mass is 127. The van der Waals surface area contributed by atoms with Gasteiger partial charge >= 0.3 is 0 Å². The molecule has 3 N–H and O–H groups in total. The largest absolute Gasteiger partial charge is 0.396 e. The van der Waals surface area contributed by atoms with Gasteiger partial charge in [-0.25, -0.2) is 0 Å². The molecule has 1 aliphatic carbocycles. The van der Waals surface area contributed by atoms with Gasteiger partial charge in [-0.1, -0.05) is 23.7 Å². The normalized spacial score (nSPS) is 23.6. The number of benzene rings is 1. The molecule has 1 aliphatic heterocycles. The minimum absolute atomic E-state index is 0. The van der Waals surface area contributed by atoms with Crippen LogP contribution < -0.4 is 10.6 Å². The molecule has 0 aromatic heterocycles. The van der Waals surface area contributed by atoms with Crippen molar-refractivity contribution in [2.75, 3.05) is 39.5 Å². The lowest BCUT2D eigenvalue weighted by Gasteiger charge is -2.25. The molecule has 1 atom stereocenters. The molecule has 1 heterocycles. The summed E-state index contributed by atoms with van der Waals surface area (Å²) in [6.07, 6.45) is 4.07. The third kappa shape index (κ3) is 5.95. The number of aliphatic hydroxyl groups is 1. The number of guanidine groups is 1. The maximum absolute atomic E-state index is 9.38. The molecule has 0 bridgehead atoms. The summed E-state index contributed by atoms with van der Waals surface area (Å²) in [7, 11) is 0. The van der Waals surface area contributed by atoms with Gasteiger partial charge in [0.2, 0.25) is 0 Å². The van der Waals surface area contributed by atoms with Crippen LogP contribution in [0.4, 0.5) is 0 Å². The van der Waals surface area contributed by atoms with E-state index >= 15 is 0 Å². The van der Waals surface area contributed by atoms with E-state index in [1.807, 2.05) is 12.1 Å². The molecule has 27 heavy (non-hydrogen) atoms. The molecule has 1 unspecified atom stereocenters. The van der Waals surface area contributed by atoms with Crippen LogP contribution in [0.2, 0.25) is 5.02 Å². The molecule has 0 spiro atoms. The van der Waals surface area contributed by atoms with Crippen molar-refractivity contribution < 1.29 is 9.84 Å². The van der Waals surface area contributed by atoms with Crippen LogP contribution >= 0.6 is 35.6 Å². The summed E-state index contributed by atoms with van der Waals surface area (Å²) < 4.78 is 5.57.